The summed E-state index contributed by atoms with van der Waals surface area (Å²) in [7, 11) is 1.66. The van der Waals surface area contributed by atoms with Crippen LogP contribution < -0.4 is 16.0 Å². The Morgan fingerprint density at radius 1 is 0.977 bits per heavy atom. The standard InChI is InChI=1S/C27H25F7N8O2/c1-41-23-19(14-36-24(39-23)35-4-5-42-6-8-44-9-7-42)22(40-41)15-2-3-21(20(28)10-15)38-25(43)37-18-12-16(26(29,30)31)11-17(13-18)27(32,33)34/h2-3,10-14H,4-9H2,1H3,(H,35,36,39)(H2,37,38,43). The molecule has 0 saturated carbocycles. The molecule has 234 valence electrons. The molecule has 17 heteroatoms. The van der Waals surface area contributed by atoms with Crippen molar-refractivity contribution >= 4 is 34.4 Å². The number of ether oxygens (including phenoxy) is 1. The lowest BCUT2D eigenvalue weighted by atomic mass is 10.1. The number of halogens is 7. The predicted molar refractivity (Wildman–Crippen MR) is 147 cm³/mol. The molecule has 0 unspecified atom stereocenters. The van der Waals surface area contributed by atoms with Crippen LogP contribution in [0, 0.1) is 5.82 Å². The number of anilines is 3. The van der Waals surface area contributed by atoms with Crippen LogP contribution in [0.1, 0.15) is 11.1 Å². The first kappa shape index (κ1) is 30.9. The highest BCUT2D eigenvalue weighted by Gasteiger charge is 2.37. The van der Waals surface area contributed by atoms with E-state index in [0.29, 0.717) is 60.1 Å². The van der Waals surface area contributed by atoms with Crippen LogP contribution in [0.3, 0.4) is 0 Å². The highest BCUT2D eigenvalue weighted by molar-refractivity contribution is 6.00. The molecule has 1 fully saturated rings. The molecule has 5 rings (SSSR count). The average molecular weight is 627 g/mol. The lowest BCUT2D eigenvalue weighted by Gasteiger charge is -2.26. The molecule has 10 nitrogen and oxygen atoms in total. The number of alkyl halides is 6. The molecule has 2 aromatic carbocycles. The molecule has 44 heavy (non-hydrogen) atoms. The Kier molecular flexibility index (Phi) is 8.60. The molecule has 3 N–H and O–H groups in total. The number of morpholine rings is 1. The molecule has 0 spiro atoms. The first-order valence-corrected chi connectivity index (χ1v) is 13.2. The third kappa shape index (κ3) is 7.16. The maximum absolute atomic E-state index is 15.0. The fraction of sp³-hybridized carbons (Fsp3) is 0.333. The van der Waals surface area contributed by atoms with Crippen molar-refractivity contribution < 1.29 is 40.3 Å². The number of nitrogens with one attached hydrogen (secondary N) is 3. The Morgan fingerprint density at radius 2 is 1.66 bits per heavy atom. The van der Waals surface area contributed by atoms with Gasteiger partial charge in [-0.15, -0.1) is 0 Å². The van der Waals surface area contributed by atoms with Gasteiger partial charge in [-0.1, -0.05) is 6.07 Å². The zero-order valence-electron chi connectivity index (χ0n) is 23.0. The summed E-state index contributed by atoms with van der Waals surface area (Å²) in [4.78, 5) is 23.5. The number of carbonyl (C=O) groups is 1. The molecule has 1 aliphatic heterocycles. The van der Waals surface area contributed by atoms with Crippen LogP contribution in [0.2, 0.25) is 0 Å². The summed E-state index contributed by atoms with van der Waals surface area (Å²) in [5.41, 5.74) is -3.25. The van der Waals surface area contributed by atoms with Crippen molar-refractivity contribution in [3.63, 3.8) is 0 Å². The number of nitrogens with zero attached hydrogens (tertiary/aromatic N) is 5. The summed E-state index contributed by atoms with van der Waals surface area (Å²) in [5.74, 6) is -0.543. The lowest BCUT2D eigenvalue weighted by molar-refractivity contribution is -0.143. The smallest absolute Gasteiger partial charge is 0.379 e. The third-order valence-electron chi connectivity index (χ3n) is 6.73. The number of hydrogen-bond acceptors (Lipinski definition) is 7. The summed E-state index contributed by atoms with van der Waals surface area (Å²) in [6.45, 7) is 4.48. The number of rotatable bonds is 7. The van der Waals surface area contributed by atoms with Gasteiger partial charge in [0, 0.05) is 50.7 Å². The second-order valence-electron chi connectivity index (χ2n) is 9.85. The number of urea groups is 1. The molecule has 0 radical (unpaired) electrons. The van der Waals surface area contributed by atoms with Crippen molar-refractivity contribution in [1.29, 1.82) is 0 Å². The third-order valence-corrected chi connectivity index (χ3v) is 6.73. The number of aryl methyl sites for hydroxylation is 1. The van der Waals surface area contributed by atoms with E-state index in [4.69, 9.17) is 4.74 Å². The largest absolute Gasteiger partial charge is 0.416 e. The Bertz CT molecular complexity index is 1630. The predicted octanol–water partition coefficient (Wildman–Crippen LogP) is 5.60. The number of fused-ring (bicyclic) bond motifs is 1. The van der Waals surface area contributed by atoms with E-state index in [0.717, 1.165) is 25.7 Å². The Morgan fingerprint density at radius 3 is 2.30 bits per heavy atom. The summed E-state index contributed by atoms with van der Waals surface area (Å²) < 4.78 is 101. The topological polar surface area (TPSA) is 109 Å². The summed E-state index contributed by atoms with van der Waals surface area (Å²) in [6.07, 6.45) is -8.65. The van der Waals surface area contributed by atoms with Gasteiger partial charge >= 0.3 is 18.4 Å². The highest BCUT2D eigenvalue weighted by Crippen LogP contribution is 2.37. The molecule has 1 aliphatic rings. The molecule has 2 aromatic heterocycles. The molecule has 2 amide bonds. The van der Waals surface area contributed by atoms with Crippen LogP contribution in [-0.2, 0) is 24.1 Å². The van der Waals surface area contributed by atoms with Gasteiger partial charge in [0.2, 0.25) is 5.95 Å². The van der Waals surface area contributed by atoms with Gasteiger partial charge in [0.25, 0.3) is 0 Å². The van der Waals surface area contributed by atoms with Gasteiger partial charge in [-0.05, 0) is 30.3 Å². The summed E-state index contributed by atoms with van der Waals surface area (Å²) >= 11 is 0. The van der Waals surface area contributed by atoms with E-state index < -0.39 is 41.0 Å². The summed E-state index contributed by atoms with van der Waals surface area (Å²) in [5, 5.41) is 12.1. The van der Waals surface area contributed by atoms with E-state index in [1.54, 1.807) is 13.2 Å². The maximum Gasteiger partial charge on any atom is 0.416 e. The van der Waals surface area contributed by atoms with Crippen molar-refractivity contribution in [2.75, 3.05) is 55.3 Å². The zero-order chi connectivity index (χ0) is 31.6. The van der Waals surface area contributed by atoms with Crippen molar-refractivity contribution in [1.82, 2.24) is 24.6 Å². The van der Waals surface area contributed by atoms with Crippen LogP contribution >= 0.6 is 0 Å². The van der Waals surface area contributed by atoms with Crippen molar-refractivity contribution in [3.05, 3.63) is 59.5 Å². The van der Waals surface area contributed by atoms with E-state index >= 15 is 4.39 Å². The van der Waals surface area contributed by atoms with E-state index in [2.05, 4.69) is 30.6 Å². The van der Waals surface area contributed by atoms with E-state index in [9.17, 15) is 31.1 Å². The first-order valence-electron chi connectivity index (χ1n) is 13.2. The van der Waals surface area contributed by atoms with E-state index in [-0.39, 0.29) is 11.8 Å². The molecule has 0 atom stereocenters. The minimum atomic E-state index is -5.10. The van der Waals surface area contributed by atoms with Gasteiger partial charge in [0.1, 0.15) is 11.5 Å². The number of amides is 2. The monoisotopic (exact) mass is 626 g/mol. The molecular weight excluding hydrogens is 601 g/mol. The molecule has 0 aliphatic carbocycles. The van der Waals surface area contributed by atoms with Gasteiger partial charge in [-0.3, -0.25) is 4.90 Å². The highest BCUT2D eigenvalue weighted by atomic mass is 19.4. The Labute approximate surface area is 245 Å². The number of aromatic nitrogens is 4. The lowest BCUT2D eigenvalue weighted by Crippen LogP contribution is -2.39. The van der Waals surface area contributed by atoms with Crippen LogP contribution in [0.15, 0.2) is 42.6 Å². The van der Waals surface area contributed by atoms with Gasteiger partial charge in [0.05, 0.1) is 35.4 Å². The Balaban J connectivity index is 1.28. The van der Waals surface area contributed by atoms with E-state index in [1.807, 2.05) is 5.32 Å². The second-order valence-corrected chi connectivity index (χ2v) is 9.85. The van der Waals surface area contributed by atoms with Crippen molar-refractivity contribution in [2.24, 2.45) is 7.05 Å². The zero-order valence-corrected chi connectivity index (χ0v) is 23.0. The van der Waals surface area contributed by atoms with Crippen LogP contribution in [0.5, 0.6) is 0 Å². The molecule has 1 saturated heterocycles. The maximum atomic E-state index is 15.0. The molecule has 0 bridgehead atoms. The Hall–Kier alpha value is -4.51. The van der Waals surface area contributed by atoms with Gasteiger partial charge in [-0.25, -0.2) is 18.9 Å². The fourth-order valence-corrected chi connectivity index (χ4v) is 4.56. The number of carbonyl (C=O) groups excluding carboxylic acids is 1. The molecule has 4 aromatic rings. The minimum absolute atomic E-state index is 0.0716. The number of hydrogen-bond donors (Lipinski definition) is 3. The van der Waals surface area contributed by atoms with Gasteiger partial charge in [0.15, 0.2) is 5.65 Å². The van der Waals surface area contributed by atoms with Crippen LogP contribution in [-0.4, -0.2) is 70.1 Å². The minimum Gasteiger partial charge on any atom is -0.379 e. The normalized spacial score (nSPS) is 14.5. The molecular formula is C27H25F7N8O2. The second kappa shape index (κ2) is 12.2. The van der Waals surface area contributed by atoms with Crippen molar-refractivity contribution in [2.45, 2.75) is 12.4 Å². The number of benzene rings is 2. The van der Waals surface area contributed by atoms with Crippen molar-refractivity contribution in [3.8, 4) is 11.3 Å². The average Bonchev–Trinajstić information content (AvgIpc) is 3.29. The first-order chi connectivity index (χ1) is 20.8. The SMILES string of the molecule is Cn1nc(-c2ccc(NC(=O)Nc3cc(C(F)(F)F)cc(C(F)(F)F)c3)c(F)c2)c2cnc(NCCN3CCOCC3)nc21. The summed E-state index contributed by atoms with van der Waals surface area (Å²) in [6, 6.07) is 3.03. The molecule has 3 heterocycles. The van der Waals surface area contributed by atoms with E-state index in [1.165, 1.54) is 16.8 Å². The fourth-order valence-electron chi connectivity index (χ4n) is 4.56. The quantitative estimate of drug-likeness (QED) is 0.230. The van der Waals surface area contributed by atoms with Gasteiger partial charge < -0.3 is 20.7 Å². The van der Waals surface area contributed by atoms with Crippen LogP contribution in [0.25, 0.3) is 22.3 Å². The van der Waals surface area contributed by atoms with Crippen LogP contribution in [0.4, 0.5) is 52.9 Å². The van der Waals surface area contributed by atoms with Gasteiger partial charge in [-0.2, -0.15) is 36.4 Å².